The van der Waals surface area contributed by atoms with E-state index in [2.05, 4.69) is 14.8 Å². The molecule has 0 spiro atoms. The largest absolute Gasteiger partial charge is 0.465 e. The molecule has 2 N–H and O–H groups in total. The molecule has 10 heteroatoms. The van der Waals surface area contributed by atoms with Crippen molar-refractivity contribution in [2.45, 2.75) is 24.8 Å². The summed E-state index contributed by atoms with van der Waals surface area (Å²) in [5.41, 5.74) is 1.29. The van der Waals surface area contributed by atoms with Crippen molar-refractivity contribution in [1.29, 1.82) is 0 Å². The minimum Gasteiger partial charge on any atom is -0.465 e. The molecule has 0 aliphatic rings. The van der Waals surface area contributed by atoms with E-state index in [4.69, 9.17) is 4.74 Å². The van der Waals surface area contributed by atoms with E-state index in [1.807, 2.05) is 0 Å². The van der Waals surface area contributed by atoms with Gasteiger partial charge in [0.2, 0.25) is 10.0 Å². The number of anilines is 1. The quantitative estimate of drug-likeness (QED) is 0.604. The fourth-order valence-electron chi connectivity index (χ4n) is 2.40. The van der Waals surface area contributed by atoms with E-state index in [0.29, 0.717) is 11.3 Å². The van der Waals surface area contributed by atoms with Crippen LogP contribution in [0.25, 0.3) is 0 Å². The number of methoxy groups -OCH3 is 1. The number of esters is 2. The van der Waals surface area contributed by atoms with Crippen LogP contribution in [-0.4, -0.2) is 46.0 Å². The third-order valence-electron chi connectivity index (χ3n) is 4.02. The van der Waals surface area contributed by atoms with Crippen LogP contribution < -0.4 is 10.0 Å². The molecule has 0 aliphatic carbocycles. The van der Waals surface area contributed by atoms with Gasteiger partial charge in [-0.3, -0.25) is 9.59 Å². The number of amides is 1. The minimum absolute atomic E-state index is 0.00311. The number of carbonyl (C=O) groups excluding carboxylic acids is 3. The number of carbonyl (C=O) groups is 3. The van der Waals surface area contributed by atoms with E-state index in [-0.39, 0.29) is 10.5 Å². The van der Waals surface area contributed by atoms with E-state index in [1.54, 1.807) is 37.3 Å². The molecule has 2 aromatic rings. The van der Waals surface area contributed by atoms with Crippen LogP contribution in [0.2, 0.25) is 0 Å². The first-order valence-corrected chi connectivity index (χ1v) is 10.3. The van der Waals surface area contributed by atoms with Gasteiger partial charge in [0.1, 0.15) is 6.04 Å². The van der Waals surface area contributed by atoms with Gasteiger partial charge in [0.25, 0.3) is 5.91 Å². The molecular formula is C20H22N2O7S. The van der Waals surface area contributed by atoms with Gasteiger partial charge in [-0.15, -0.1) is 0 Å². The first kappa shape index (κ1) is 23.0. The first-order chi connectivity index (χ1) is 14.1. The number of benzene rings is 2. The van der Waals surface area contributed by atoms with Gasteiger partial charge in [-0.1, -0.05) is 24.3 Å². The van der Waals surface area contributed by atoms with Crippen LogP contribution in [0.3, 0.4) is 0 Å². The molecule has 0 saturated heterocycles. The molecule has 2 aromatic carbocycles. The monoisotopic (exact) mass is 434 g/mol. The Morgan fingerprint density at radius 3 is 2.37 bits per heavy atom. The van der Waals surface area contributed by atoms with Crippen molar-refractivity contribution in [1.82, 2.24) is 4.72 Å². The van der Waals surface area contributed by atoms with E-state index in [1.165, 1.54) is 32.2 Å². The van der Waals surface area contributed by atoms with E-state index < -0.39 is 40.5 Å². The maximum Gasteiger partial charge on any atom is 0.337 e. The van der Waals surface area contributed by atoms with Crippen LogP contribution >= 0.6 is 0 Å². The maximum absolute atomic E-state index is 12.2. The molecule has 2 rings (SSSR count). The highest BCUT2D eigenvalue weighted by atomic mass is 32.2. The molecule has 0 unspecified atom stereocenters. The summed E-state index contributed by atoms with van der Waals surface area (Å²) in [5.74, 6) is -2.12. The van der Waals surface area contributed by atoms with E-state index in [9.17, 15) is 22.8 Å². The smallest absolute Gasteiger partial charge is 0.337 e. The zero-order valence-corrected chi connectivity index (χ0v) is 17.5. The lowest BCUT2D eigenvalue weighted by Gasteiger charge is -2.14. The fraction of sp³-hybridized carbons (Fsp3) is 0.250. The Kier molecular flexibility index (Phi) is 7.67. The maximum atomic E-state index is 12.2. The lowest BCUT2D eigenvalue weighted by molar-refractivity contribution is -0.148. The van der Waals surface area contributed by atoms with Crippen LogP contribution in [0.15, 0.2) is 53.4 Å². The molecule has 0 fully saturated rings. The van der Waals surface area contributed by atoms with Crippen molar-refractivity contribution in [3.8, 4) is 0 Å². The lowest BCUT2D eigenvalue weighted by Crippen LogP contribution is -2.40. The molecule has 0 bridgehead atoms. The van der Waals surface area contributed by atoms with Gasteiger partial charge >= 0.3 is 11.9 Å². The number of aryl methyl sites for hydroxylation is 1. The Bertz CT molecular complexity index is 1040. The highest BCUT2D eigenvalue weighted by molar-refractivity contribution is 7.89. The van der Waals surface area contributed by atoms with Crippen molar-refractivity contribution in [2.75, 3.05) is 19.0 Å². The number of nitrogens with one attached hydrogen (secondary N) is 2. The molecular weight excluding hydrogens is 412 g/mol. The molecule has 0 aromatic heterocycles. The zero-order valence-electron chi connectivity index (χ0n) is 16.7. The third kappa shape index (κ3) is 6.13. The van der Waals surface area contributed by atoms with Gasteiger partial charge in [-0.2, -0.15) is 4.72 Å². The summed E-state index contributed by atoms with van der Waals surface area (Å²) >= 11 is 0. The second-order valence-electron chi connectivity index (χ2n) is 6.33. The molecule has 0 heterocycles. The summed E-state index contributed by atoms with van der Waals surface area (Å²) in [6.45, 7) is 2.41. The zero-order chi connectivity index (χ0) is 22.3. The van der Waals surface area contributed by atoms with E-state index in [0.717, 1.165) is 0 Å². The Morgan fingerprint density at radius 1 is 1.07 bits per heavy atom. The van der Waals surface area contributed by atoms with Crippen molar-refractivity contribution in [2.24, 2.45) is 0 Å². The Balaban J connectivity index is 1.93. The summed E-state index contributed by atoms with van der Waals surface area (Å²) in [5, 5.41) is 2.54. The average Bonchev–Trinajstić information content (AvgIpc) is 2.73. The standard InChI is InChI=1S/C20H22N2O7S/c1-13-9-10-15(20(25)28-3)11-17(13)21-18(23)12-29-19(24)14(2)22-30(26,27)16-7-5-4-6-8-16/h4-11,14,22H,12H2,1-3H3,(H,21,23)/t14-/m0/s1. The second-order valence-corrected chi connectivity index (χ2v) is 8.05. The van der Waals surface area contributed by atoms with E-state index >= 15 is 0 Å². The first-order valence-electron chi connectivity index (χ1n) is 8.87. The second kappa shape index (κ2) is 9.99. The summed E-state index contributed by atoms with van der Waals surface area (Å²) in [6, 6.07) is 11.0. The third-order valence-corrected chi connectivity index (χ3v) is 5.57. The number of rotatable bonds is 8. The van der Waals surface area contributed by atoms with Crippen LogP contribution in [0.5, 0.6) is 0 Å². The molecule has 1 atom stereocenters. The van der Waals surface area contributed by atoms with Gasteiger partial charge in [0.05, 0.1) is 17.6 Å². The number of sulfonamides is 1. The van der Waals surface area contributed by atoms with Crippen LogP contribution in [-0.2, 0) is 29.1 Å². The summed E-state index contributed by atoms with van der Waals surface area (Å²) in [6.07, 6.45) is 0. The number of hydrogen-bond donors (Lipinski definition) is 2. The lowest BCUT2D eigenvalue weighted by atomic mass is 10.1. The molecule has 0 radical (unpaired) electrons. The predicted molar refractivity (Wildman–Crippen MR) is 108 cm³/mol. The van der Waals surface area contributed by atoms with Gasteiger partial charge in [-0.05, 0) is 43.7 Å². The van der Waals surface area contributed by atoms with Crippen molar-refractivity contribution < 1.29 is 32.3 Å². The van der Waals surface area contributed by atoms with Gasteiger partial charge in [0, 0.05) is 5.69 Å². The Morgan fingerprint density at radius 2 is 1.73 bits per heavy atom. The Hall–Kier alpha value is -3.24. The summed E-state index contributed by atoms with van der Waals surface area (Å²) in [4.78, 5) is 35.8. The Labute approximate surface area is 174 Å². The number of hydrogen-bond acceptors (Lipinski definition) is 7. The van der Waals surface area contributed by atoms with Crippen LogP contribution in [0, 0.1) is 6.92 Å². The van der Waals surface area contributed by atoms with Crippen LogP contribution in [0.1, 0.15) is 22.8 Å². The SMILES string of the molecule is COC(=O)c1ccc(C)c(NC(=O)COC(=O)[C@H](C)NS(=O)(=O)c2ccccc2)c1. The highest BCUT2D eigenvalue weighted by Crippen LogP contribution is 2.17. The number of ether oxygens (including phenoxy) is 2. The molecule has 160 valence electrons. The van der Waals surface area contributed by atoms with Crippen molar-refractivity contribution in [3.63, 3.8) is 0 Å². The normalized spacial score (nSPS) is 12.0. The van der Waals surface area contributed by atoms with Gasteiger partial charge in [0.15, 0.2) is 6.61 Å². The van der Waals surface area contributed by atoms with Gasteiger partial charge < -0.3 is 14.8 Å². The predicted octanol–water partition coefficient (Wildman–Crippen LogP) is 1.63. The van der Waals surface area contributed by atoms with Crippen LogP contribution in [0.4, 0.5) is 5.69 Å². The summed E-state index contributed by atoms with van der Waals surface area (Å²) in [7, 11) is -2.66. The molecule has 30 heavy (non-hydrogen) atoms. The molecule has 0 saturated carbocycles. The molecule has 9 nitrogen and oxygen atoms in total. The fourth-order valence-corrected chi connectivity index (χ4v) is 3.61. The van der Waals surface area contributed by atoms with Gasteiger partial charge in [-0.25, -0.2) is 13.2 Å². The minimum atomic E-state index is -3.91. The van der Waals surface area contributed by atoms with Crippen molar-refractivity contribution >= 4 is 33.6 Å². The average molecular weight is 434 g/mol. The molecule has 1 amide bonds. The summed E-state index contributed by atoms with van der Waals surface area (Å²) < 4.78 is 36.2. The topological polar surface area (TPSA) is 128 Å². The highest BCUT2D eigenvalue weighted by Gasteiger charge is 2.23. The van der Waals surface area contributed by atoms with Crippen molar-refractivity contribution in [3.05, 3.63) is 59.7 Å². The molecule has 0 aliphatic heterocycles.